The molecule has 0 saturated heterocycles. The Hall–Kier alpha value is -0.940. The van der Waals surface area contributed by atoms with Crippen LogP contribution in [0.1, 0.15) is 31.5 Å². The number of thiazole rings is 1. The summed E-state index contributed by atoms with van der Waals surface area (Å²) in [5, 5.41) is 5.89. The second-order valence-electron chi connectivity index (χ2n) is 4.40. The van der Waals surface area contributed by atoms with Crippen molar-refractivity contribution in [3.8, 4) is 0 Å². The van der Waals surface area contributed by atoms with Gasteiger partial charge in [-0.1, -0.05) is 6.92 Å². The Morgan fingerprint density at radius 2 is 2.31 bits per heavy atom. The third-order valence-electron chi connectivity index (χ3n) is 2.23. The highest BCUT2D eigenvalue weighted by Crippen LogP contribution is 2.11. The van der Waals surface area contributed by atoms with Gasteiger partial charge in [-0.05, 0) is 20.3 Å². The summed E-state index contributed by atoms with van der Waals surface area (Å²) in [6.45, 7) is 6.29. The summed E-state index contributed by atoms with van der Waals surface area (Å²) in [6.07, 6.45) is 1.25. The van der Waals surface area contributed by atoms with Crippen molar-refractivity contribution >= 4 is 17.2 Å². The molecule has 0 aromatic carbocycles. The lowest BCUT2D eigenvalue weighted by molar-refractivity contribution is -0.121. The zero-order chi connectivity index (χ0) is 12.2. The van der Waals surface area contributed by atoms with Crippen molar-refractivity contribution in [2.24, 2.45) is 5.73 Å². The molecule has 4 nitrogen and oxygen atoms in total. The molecule has 0 atom stereocenters. The second-order valence-corrected chi connectivity index (χ2v) is 5.34. The van der Waals surface area contributed by atoms with Gasteiger partial charge in [-0.3, -0.25) is 4.79 Å². The van der Waals surface area contributed by atoms with E-state index in [2.05, 4.69) is 17.2 Å². The minimum Gasteiger partial charge on any atom is -0.350 e. The lowest BCUT2D eigenvalue weighted by Crippen LogP contribution is -2.49. The molecule has 0 aliphatic heterocycles. The minimum atomic E-state index is -0.347. The normalized spacial score (nSPS) is 11.5. The highest BCUT2D eigenvalue weighted by molar-refractivity contribution is 7.09. The van der Waals surface area contributed by atoms with Crippen LogP contribution in [0.2, 0.25) is 0 Å². The van der Waals surface area contributed by atoms with Gasteiger partial charge < -0.3 is 11.1 Å². The number of nitrogens with zero attached hydrogens (tertiary/aromatic N) is 1. The molecule has 0 fully saturated rings. The van der Waals surface area contributed by atoms with E-state index in [-0.39, 0.29) is 11.4 Å². The SMILES string of the molecule is CCc1nc(CC(=O)NC(C)(C)CN)cs1. The van der Waals surface area contributed by atoms with Crippen molar-refractivity contribution in [2.75, 3.05) is 6.54 Å². The van der Waals surface area contributed by atoms with Crippen molar-refractivity contribution < 1.29 is 4.79 Å². The average molecular weight is 241 g/mol. The molecule has 1 rings (SSSR count). The maximum atomic E-state index is 11.7. The molecule has 1 heterocycles. The minimum absolute atomic E-state index is 0.0246. The first kappa shape index (κ1) is 13.1. The van der Waals surface area contributed by atoms with E-state index in [0.29, 0.717) is 13.0 Å². The summed E-state index contributed by atoms with van der Waals surface area (Å²) in [5.74, 6) is -0.0246. The molecule has 90 valence electrons. The van der Waals surface area contributed by atoms with Gasteiger partial charge in [0.05, 0.1) is 17.1 Å². The molecule has 1 aromatic rings. The molecule has 0 unspecified atom stereocenters. The Balaban J connectivity index is 2.51. The maximum Gasteiger partial charge on any atom is 0.226 e. The molecule has 0 aliphatic rings. The Morgan fingerprint density at radius 3 is 2.81 bits per heavy atom. The van der Waals surface area contributed by atoms with E-state index in [4.69, 9.17) is 5.73 Å². The van der Waals surface area contributed by atoms with Crippen molar-refractivity contribution in [3.63, 3.8) is 0 Å². The van der Waals surface area contributed by atoms with Crippen LogP contribution in [0.5, 0.6) is 0 Å². The molecule has 0 spiro atoms. The highest BCUT2D eigenvalue weighted by Gasteiger charge is 2.18. The van der Waals surface area contributed by atoms with Crippen LogP contribution in [0.3, 0.4) is 0 Å². The van der Waals surface area contributed by atoms with Crippen LogP contribution in [-0.4, -0.2) is 23.0 Å². The van der Waals surface area contributed by atoms with E-state index in [1.54, 1.807) is 11.3 Å². The van der Waals surface area contributed by atoms with Gasteiger partial charge in [-0.25, -0.2) is 4.98 Å². The summed E-state index contributed by atoms with van der Waals surface area (Å²) in [6, 6.07) is 0. The van der Waals surface area contributed by atoms with E-state index in [1.165, 1.54) is 0 Å². The van der Waals surface area contributed by atoms with Gasteiger partial charge in [0.2, 0.25) is 5.91 Å². The van der Waals surface area contributed by atoms with Gasteiger partial charge in [0.15, 0.2) is 0 Å². The molecule has 3 N–H and O–H groups in total. The van der Waals surface area contributed by atoms with Gasteiger partial charge in [0.1, 0.15) is 0 Å². The first-order valence-electron chi connectivity index (χ1n) is 5.41. The predicted octanol–water partition coefficient (Wildman–Crippen LogP) is 1.10. The molecular weight excluding hydrogens is 222 g/mol. The van der Waals surface area contributed by atoms with Crippen LogP contribution in [0.15, 0.2) is 5.38 Å². The maximum absolute atomic E-state index is 11.7. The zero-order valence-corrected chi connectivity index (χ0v) is 10.9. The topological polar surface area (TPSA) is 68.0 Å². The number of aromatic nitrogens is 1. The number of hydrogen-bond acceptors (Lipinski definition) is 4. The van der Waals surface area contributed by atoms with E-state index in [9.17, 15) is 4.79 Å². The lowest BCUT2D eigenvalue weighted by Gasteiger charge is -2.23. The number of hydrogen-bond donors (Lipinski definition) is 2. The summed E-state index contributed by atoms with van der Waals surface area (Å²) in [7, 11) is 0. The molecule has 0 saturated carbocycles. The van der Waals surface area contributed by atoms with Gasteiger partial charge in [-0.15, -0.1) is 11.3 Å². The number of amides is 1. The van der Waals surface area contributed by atoms with Gasteiger partial charge in [0.25, 0.3) is 0 Å². The molecule has 5 heteroatoms. The van der Waals surface area contributed by atoms with Gasteiger partial charge in [-0.2, -0.15) is 0 Å². The zero-order valence-electron chi connectivity index (χ0n) is 10.0. The predicted molar refractivity (Wildman–Crippen MR) is 66.5 cm³/mol. The summed E-state index contributed by atoms with van der Waals surface area (Å²) in [4.78, 5) is 16.0. The second kappa shape index (κ2) is 5.41. The number of rotatable bonds is 5. The summed E-state index contributed by atoms with van der Waals surface area (Å²) >= 11 is 1.60. The number of nitrogens with two attached hydrogens (primary N) is 1. The highest BCUT2D eigenvalue weighted by atomic mass is 32.1. The molecular formula is C11H19N3OS. The van der Waals surface area contributed by atoms with E-state index in [0.717, 1.165) is 17.1 Å². The third kappa shape index (κ3) is 3.90. The first-order valence-corrected chi connectivity index (χ1v) is 6.29. The fraction of sp³-hybridized carbons (Fsp3) is 0.636. The Bertz CT molecular complexity index is 360. The monoisotopic (exact) mass is 241 g/mol. The first-order chi connectivity index (χ1) is 7.46. The fourth-order valence-corrected chi connectivity index (χ4v) is 1.97. The Labute approximate surface area is 100 Å². The van der Waals surface area contributed by atoms with Crippen LogP contribution >= 0.6 is 11.3 Å². The molecule has 1 aromatic heterocycles. The average Bonchev–Trinajstić information content (AvgIpc) is 2.64. The van der Waals surface area contributed by atoms with Crippen LogP contribution in [0.25, 0.3) is 0 Å². The number of aryl methyl sites for hydroxylation is 1. The quantitative estimate of drug-likeness (QED) is 0.811. The molecule has 16 heavy (non-hydrogen) atoms. The lowest BCUT2D eigenvalue weighted by atomic mass is 10.1. The molecule has 0 bridgehead atoms. The third-order valence-corrected chi connectivity index (χ3v) is 3.27. The van der Waals surface area contributed by atoms with E-state index < -0.39 is 0 Å². The standard InChI is InChI=1S/C11H19N3OS/c1-4-10-13-8(6-16-10)5-9(15)14-11(2,3)7-12/h6H,4-5,7,12H2,1-3H3,(H,14,15). The van der Waals surface area contributed by atoms with Crippen molar-refractivity contribution in [3.05, 3.63) is 16.1 Å². The van der Waals surface area contributed by atoms with Crippen LogP contribution in [-0.2, 0) is 17.6 Å². The van der Waals surface area contributed by atoms with Crippen LogP contribution in [0, 0.1) is 0 Å². The largest absolute Gasteiger partial charge is 0.350 e. The summed E-state index contributed by atoms with van der Waals surface area (Å²) < 4.78 is 0. The molecule has 1 amide bonds. The molecule has 0 radical (unpaired) electrons. The van der Waals surface area contributed by atoms with Crippen molar-refractivity contribution in [2.45, 2.75) is 39.2 Å². The van der Waals surface area contributed by atoms with E-state index >= 15 is 0 Å². The van der Waals surface area contributed by atoms with Crippen molar-refractivity contribution in [1.82, 2.24) is 10.3 Å². The Kier molecular flexibility index (Phi) is 4.44. The van der Waals surface area contributed by atoms with Crippen LogP contribution in [0.4, 0.5) is 0 Å². The summed E-state index contributed by atoms with van der Waals surface area (Å²) in [5.41, 5.74) is 6.04. The molecule has 0 aliphatic carbocycles. The number of carbonyl (C=O) groups is 1. The van der Waals surface area contributed by atoms with Gasteiger partial charge >= 0.3 is 0 Å². The smallest absolute Gasteiger partial charge is 0.226 e. The Morgan fingerprint density at radius 1 is 1.62 bits per heavy atom. The number of carbonyl (C=O) groups excluding carboxylic acids is 1. The number of nitrogens with one attached hydrogen (secondary N) is 1. The van der Waals surface area contributed by atoms with Crippen LogP contribution < -0.4 is 11.1 Å². The van der Waals surface area contributed by atoms with Gasteiger partial charge in [0, 0.05) is 17.5 Å². The van der Waals surface area contributed by atoms with E-state index in [1.807, 2.05) is 19.2 Å². The van der Waals surface area contributed by atoms with Crippen molar-refractivity contribution in [1.29, 1.82) is 0 Å². The fourth-order valence-electron chi connectivity index (χ4n) is 1.23.